The van der Waals surface area contributed by atoms with Crippen LogP contribution in [-0.4, -0.2) is 55.8 Å². The topological polar surface area (TPSA) is 69.7 Å². The number of carbonyl (C=O) groups excluding carboxylic acids is 1. The van der Waals surface area contributed by atoms with Crippen molar-refractivity contribution >= 4 is 56.4 Å². The van der Waals surface area contributed by atoms with Crippen LogP contribution in [0.1, 0.15) is 6.92 Å². The first-order chi connectivity index (χ1) is 13.7. The summed E-state index contributed by atoms with van der Waals surface area (Å²) >= 11 is 18.1. The predicted octanol–water partition coefficient (Wildman–Crippen LogP) is 3.98. The Labute approximate surface area is 185 Å². The fourth-order valence-corrected chi connectivity index (χ4v) is 5.37. The van der Waals surface area contributed by atoms with E-state index in [1.54, 1.807) is 43.3 Å². The molecule has 0 radical (unpaired) electrons. The van der Waals surface area contributed by atoms with Gasteiger partial charge in [0.15, 0.2) is 0 Å². The van der Waals surface area contributed by atoms with Gasteiger partial charge in [-0.05, 0) is 37.3 Å². The molecule has 0 aromatic heterocycles. The SMILES string of the molecule is CC(C(=O)Nc1cc(Cl)ccc1Cl)N1CCN(S(=O)(=O)c2ccccc2Cl)CC1. The number of amides is 1. The highest BCUT2D eigenvalue weighted by atomic mass is 35.5. The summed E-state index contributed by atoms with van der Waals surface area (Å²) in [5.74, 6) is -0.239. The molecule has 0 aliphatic carbocycles. The lowest BCUT2D eigenvalue weighted by molar-refractivity contribution is -0.121. The summed E-state index contributed by atoms with van der Waals surface area (Å²) in [5, 5.41) is 3.83. The zero-order valence-electron chi connectivity index (χ0n) is 15.6. The average Bonchev–Trinajstić information content (AvgIpc) is 2.70. The number of halogens is 3. The van der Waals surface area contributed by atoms with Crippen LogP contribution in [0.5, 0.6) is 0 Å². The van der Waals surface area contributed by atoms with Gasteiger partial charge < -0.3 is 5.32 Å². The lowest BCUT2D eigenvalue weighted by Gasteiger charge is -2.36. The second kappa shape index (κ2) is 9.20. The van der Waals surface area contributed by atoms with Crippen LogP contribution in [0.3, 0.4) is 0 Å². The summed E-state index contributed by atoms with van der Waals surface area (Å²) in [4.78, 5) is 14.6. The van der Waals surface area contributed by atoms with E-state index in [4.69, 9.17) is 34.8 Å². The normalized spacial score (nSPS) is 17.1. The molecule has 2 aromatic carbocycles. The maximum Gasteiger partial charge on any atom is 0.244 e. The summed E-state index contributed by atoms with van der Waals surface area (Å²) in [6.45, 7) is 3.14. The van der Waals surface area contributed by atoms with E-state index in [-0.39, 0.29) is 28.9 Å². The minimum atomic E-state index is -3.68. The second-order valence-corrected chi connectivity index (χ2v) is 9.82. The Hall–Kier alpha value is -1.35. The zero-order valence-corrected chi connectivity index (χ0v) is 18.7. The lowest BCUT2D eigenvalue weighted by atomic mass is 10.2. The largest absolute Gasteiger partial charge is 0.323 e. The molecule has 0 spiro atoms. The number of hydrogen-bond donors (Lipinski definition) is 1. The molecule has 1 fully saturated rings. The Morgan fingerprint density at radius 3 is 2.31 bits per heavy atom. The van der Waals surface area contributed by atoms with Crippen LogP contribution in [0.15, 0.2) is 47.4 Å². The van der Waals surface area contributed by atoms with Crippen LogP contribution in [0.4, 0.5) is 5.69 Å². The minimum Gasteiger partial charge on any atom is -0.323 e. The fourth-order valence-electron chi connectivity index (χ4n) is 3.12. The Kier molecular flexibility index (Phi) is 7.09. The van der Waals surface area contributed by atoms with Crippen molar-refractivity contribution in [3.63, 3.8) is 0 Å². The van der Waals surface area contributed by atoms with E-state index < -0.39 is 16.1 Å². The zero-order chi connectivity index (χ0) is 21.2. The lowest BCUT2D eigenvalue weighted by Crippen LogP contribution is -2.53. The van der Waals surface area contributed by atoms with Crippen LogP contribution in [0.25, 0.3) is 0 Å². The smallest absolute Gasteiger partial charge is 0.244 e. The average molecular weight is 477 g/mol. The molecule has 1 amide bonds. The number of hydrogen-bond acceptors (Lipinski definition) is 4. The Morgan fingerprint density at radius 2 is 1.66 bits per heavy atom. The molecule has 29 heavy (non-hydrogen) atoms. The fraction of sp³-hybridized carbons (Fsp3) is 0.316. The van der Waals surface area contributed by atoms with Crippen molar-refractivity contribution in [2.45, 2.75) is 17.9 Å². The summed E-state index contributed by atoms with van der Waals surface area (Å²) in [6, 6.07) is 10.8. The van der Waals surface area contributed by atoms with Gasteiger partial charge in [0.25, 0.3) is 0 Å². The summed E-state index contributed by atoms with van der Waals surface area (Å²) < 4.78 is 27.1. The molecule has 6 nitrogen and oxygen atoms in total. The van der Waals surface area contributed by atoms with Gasteiger partial charge in [-0.3, -0.25) is 9.69 Å². The number of anilines is 1. The highest BCUT2D eigenvalue weighted by molar-refractivity contribution is 7.89. The maximum atomic E-state index is 12.8. The van der Waals surface area contributed by atoms with Gasteiger partial charge in [0.2, 0.25) is 15.9 Å². The van der Waals surface area contributed by atoms with E-state index in [2.05, 4.69) is 5.32 Å². The van der Waals surface area contributed by atoms with Crippen LogP contribution < -0.4 is 5.32 Å². The third kappa shape index (κ3) is 5.05. The van der Waals surface area contributed by atoms with Crippen molar-refractivity contribution in [2.75, 3.05) is 31.5 Å². The highest BCUT2D eigenvalue weighted by Crippen LogP contribution is 2.27. The van der Waals surface area contributed by atoms with Crippen LogP contribution in [-0.2, 0) is 14.8 Å². The molecule has 0 bridgehead atoms. The Morgan fingerprint density at radius 1 is 1.00 bits per heavy atom. The summed E-state index contributed by atoms with van der Waals surface area (Å²) in [6.07, 6.45) is 0. The molecule has 1 saturated heterocycles. The highest BCUT2D eigenvalue weighted by Gasteiger charge is 2.32. The third-order valence-electron chi connectivity index (χ3n) is 4.84. The van der Waals surface area contributed by atoms with E-state index in [0.717, 1.165) is 0 Å². The number of rotatable bonds is 5. The molecule has 1 aliphatic heterocycles. The van der Waals surface area contributed by atoms with E-state index >= 15 is 0 Å². The van der Waals surface area contributed by atoms with Crippen LogP contribution >= 0.6 is 34.8 Å². The first-order valence-electron chi connectivity index (χ1n) is 8.95. The monoisotopic (exact) mass is 475 g/mol. The van der Waals surface area contributed by atoms with Gasteiger partial charge in [0, 0.05) is 31.2 Å². The maximum absolute atomic E-state index is 12.8. The summed E-state index contributed by atoms with van der Waals surface area (Å²) in [7, 11) is -3.68. The van der Waals surface area contributed by atoms with Crippen molar-refractivity contribution in [2.24, 2.45) is 0 Å². The van der Waals surface area contributed by atoms with Crippen LogP contribution in [0.2, 0.25) is 15.1 Å². The van der Waals surface area contributed by atoms with E-state index in [1.807, 2.05) is 4.90 Å². The first kappa shape index (κ1) is 22.3. The van der Waals surface area contributed by atoms with Gasteiger partial charge in [0.1, 0.15) is 4.90 Å². The Balaban J connectivity index is 1.63. The number of nitrogens with zero attached hydrogens (tertiary/aromatic N) is 2. The van der Waals surface area contributed by atoms with Crippen molar-refractivity contribution in [1.29, 1.82) is 0 Å². The number of nitrogens with one attached hydrogen (secondary N) is 1. The quantitative estimate of drug-likeness (QED) is 0.709. The molecule has 1 atom stereocenters. The van der Waals surface area contributed by atoms with E-state index in [9.17, 15) is 13.2 Å². The molecule has 1 unspecified atom stereocenters. The first-order valence-corrected chi connectivity index (χ1v) is 11.5. The van der Waals surface area contributed by atoms with Gasteiger partial charge in [0.05, 0.1) is 21.8 Å². The van der Waals surface area contributed by atoms with Gasteiger partial charge in [-0.1, -0.05) is 46.9 Å². The molecular weight excluding hydrogens is 457 g/mol. The molecule has 0 saturated carbocycles. The molecule has 10 heteroatoms. The summed E-state index contributed by atoms with van der Waals surface area (Å²) in [5.41, 5.74) is 0.441. The molecule has 3 rings (SSSR count). The van der Waals surface area contributed by atoms with Crippen LogP contribution in [0, 0.1) is 0 Å². The molecular formula is C19H20Cl3N3O3S. The molecule has 2 aromatic rings. The molecule has 156 valence electrons. The number of carbonyl (C=O) groups is 1. The predicted molar refractivity (Wildman–Crippen MR) is 116 cm³/mol. The van der Waals surface area contributed by atoms with Gasteiger partial charge in [-0.15, -0.1) is 0 Å². The second-order valence-electron chi connectivity index (χ2n) is 6.66. The number of benzene rings is 2. The Bertz CT molecular complexity index is 1010. The molecule has 1 aliphatic rings. The van der Waals surface area contributed by atoms with Gasteiger partial charge in [-0.25, -0.2) is 8.42 Å². The van der Waals surface area contributed by atoms with Gasteiger partial charge in [-0.2, -0.15) is 4.31 Å². The standard InChI is InChI=1S/C19H20Cl3N3O3S/c1-13(19(26)23-17-12-14(20)6-7-15(17)21)24-8-10-25(11-9-24)29(27,28)18-5-3-2-4-16(18)22/h2-7,12-13H,8-11H2,1H3,(H,23,26). The van der Waals surface area contributed by atoms with Crippen molar-refractivity contribution in [1.82, 2.24) is 9.21 Å². The van der Waals surface area contributed by atoms with E-state index in [1.165, 1.54) is 10.4 Å². The minimum absolute atomic E-state index is 0.0940. The van der Waals surface area contributed by atoms with Crippen molar-refractivity contribution in [3.05, 3.63) is 57.5 Å². The number of piperazine rings is 1. The number of sulfonamides is 1. The van der Waals surface area contributed by atoms with E-state index in [0.29, 0.717) is 28.8 Å². The van der Waals surface area contributed by atoms with Gasteiger partial charge >= 0.3 is 0 Å². The molecule has 1 heterocycles. The van der Waals surface area contributed by atoms with Crippen molar-refractivity contribution < 1.29 is 13.2 Å². The third-order valence-corrected chi connectivity index (χ3v) is 7.80. The van der Waals surface area contributed by atoms with Crippen molar-refractivity contribution in [3.8, 4) is 0 Å². The molecule has 1 N–H and O–H groups in total.